The molecule has 0 saturated carbocycles. The van der Waals surface area contributed by atoms with Gasteiger partial charge < -0.3 is 0 Å². The molecule has 82 valence electrons. The van der Waals surface area contributed by atoms with Gasteiger partial charge in [0.05, 0.1) is 0 Å². The van der Waals surface area contributed by atoms with Crippen LogP contribution >= 0.6 is 22.5 Å². The summed E-state index contributed by atoms with van der Waals surface area (Å²) in [5.41, 5.74) is 5.32. The van der Waals surface area contributed by atoms with Crippen molar-refractivity contribution in [3.63, 3.8) is 0 Å². The third-order valence-electron chi connectivity index (χ3n) is 2.75. The maximum atomic E-state index is 4.22. The van der Waals surface area contributed by atoms with Gasteiger partial charge in [0.25, 0.3) is 0 Å². The molecular formula is C14H14S2. The Morgan fingerprint density at radius 1 is 1.00 bits per heavy atom. The van der Waals surface area contributed by atoms with Crippen LogP contribution in [0.1, 0.15) is 11.1 Å². The minimum absolute atomic E-state index is 0.954. The van der Waals surface area contributed by atoms with Crippen LogP contribution in [0.15, 0.2) is 48.5 Å². The van der Waals surface area contributed by atoms with E-state index in [0.717, 1.165) is 5.75 Å². The molecule has 2 rings (SSSR count). The monoisotopic (exact) mass is 246 g/mol. The Hall–Kier alpha value is -0.860. The molecular weight excluding hydrogens is 232 g/mol. The van der Waals surface area contributed by atoms with Crippen molar-refractivity contribution in [2.75, 3.05) is 0 Å². The summed E-state index contributed by atoms with van der Waals surface area (Å²) in [5, 5.41) is 0. The Kier molecular flexibility index (Phi) is 3.97. The molecule has 0 radical (unpaired) electrons. The predicted molar refractivity (Wildman–Crippen MR) is 76.9 cm³/mol. The quantitative estimate of drug-likeness (QED) is 0.603. The van der Waals surface area contributed by atoms with Crippen LogP contribution < -0.4 is 0 Å². The van der Waals surface area contributed by atoms with Crippen LogP contribution in [0.5, 0.6) is 0 Å². The molecule has 2 heteroatoms. The zero-order valence-corrected chi connectivity index (χ0v) is 10.9. The molecule has 0 aliphatic heterocycles. The summed E-state index contributed by atoms with van der Waals surface area (Å²) in [6.45, 7) is 2.18. The summed E-state index contributed by atoms with van der Waals surface area (Å²) in [5.74, 6) is 0.954. The van der Waals surface area contributed by atoms with E-state index in [-0.39, 0.29) is 0 Å². The Balaban J connectivity index is 2.46. The molecule has 0 saturated heterocycles. The van der Waals surface area contributed by atoms with Gasteiger partial charge in [0.2, 0.25) is 0 Å². The molecule has 0 bridgehead atoms. The highest BCUT2D eigenvalue weighted by Gasteiger charge is 2.04. The Labute approximate surface area is 106 Å². The van der Waals surface area contributed by atoms with E-state index in [1.807, 2.05) is 6.07 Å². The highest BCUT2D eigenvalue weighted by Crippen LogP contribution is 2.28. The van der Waals surface area contributed by atoms with Gasteiger partial charge >= 0.3 is 0 Å². The third kappa shape index (κ3) is 2.45. The summed E-state index contributed by atoms with van der Waals surface area (Å²) < 4.78 is 0. The lowest BCUT2D eigenvalue weighted by molar-refractivity contribution is 1.31. The van der Waals surface area contributed by atoms with Gasteiger partial charge in [0.15, 0.2) is 0 Å². The van der Waals surface area contributed by atoms with Gasteiger partial charge in [-0.05, 0) is 29.2 Å². The maximum Gasteiger partial charge on any atom is 0.0289 e. The first kappa shape index (κ1) is 11.6. The highest BCUT2D eigenvalue weighted by atomic mass is 33.1. The molecule has 0 unspecified atom stereocenters. The van der Waals surface area contributed by atoms with E-state index in [4.69, 9.17) is 0 Å². The van der Waals surface area contributed by atoms with Crippen molar-refractivity contribution in [1.82, 2.24) is 0 Å². The minimum atomic E-state index is 0.954. The molecule has 0 spiro atoms. The van der Waals surface area contributed by atoms with Gasteiger partial charge in [-0.25, -0.2) is 0 Å². The van der Waals surface area contributed by atoms with Crippen molar-refractivity contribution in [3.05, 3.63) is 59.7 Å². The Morgan fingerprint density at radius 3 is 2.44 bits per heavy atom. The first-order chi connectivity index (χ1) is 7.83. The molecule has 0 heterocycles. The van der Waals surface area contributed by atoms with Crippen molar-refractivity contribution < 1.29 is 0 Å². The summed E-state index contributed by atoms with van der Waals surface area (Å²) in [7, 11) is 1.57. The molecule has 0 aromatic heterocycles. The summed E-state index contributed by atoms with van der Waals surface area (Å²) in [4.78, 5) is 0. The van der Waals surface area contributed by atoms with Crippen molar-refractivity contribution in [1.29, 1.82) is 0 Å². The zero-order chi connectivity index (χ0) is 11.4. The van der Waals surface area contributed by atoms with Gasteiger partial charge in [-0.3, -0.25) is 0 Å². The van der Waals surface area contributed by atoms with Crippen molar-refractivity contribution >= 4 is 22.5 Å². The number of hydrogen-bond acceptors (Lipinski definition) is 2. The first-order valence-electron chi connectivity index (χ1n) is 5.23. The highest BCUT2D eigenvalue weighted by molar-refractivity contribution is 8.68. The smallest absolute Gasteiger partial charge is 0.0289 e. The van der Waals surface area contributed by atoms with Crippen LogP contribution in [0.4, 0.5) is 0 Å². The molecule has 0 nitrogen and oxygen atoms in total. The number of thiol groups is 1. The fraction of sp³-hybridized carbons (Fsp3) is 0.143. The fourth-order valence-electron chi connectivity index (χ4n) is 1.84. The van der Waals surface area contributed by atoms with Gasteiger partial charge in [-0.15, -0.1) is 11.7 Å². The molecule has 0 aliphatic rings. The molecule has 0 amide bonds. The van der Waals surface area contributed by atoms with Crippen LogP contribution in [0, 0.1) is 6.92 Å². The van der Waals surface area contributed by atoms with Crippen molar-refractivity contribution in [2.24, 2.45) is 0 Å². The van der Waals surface area contributed by atoms with E-state index in [9.17, 15) is 0 Å². The van der Waals surface area contributed by atoms with E-state index < -0.39 is 0 Å². The van der Waals surface area contributed by atoms with E-state index in [2.05, 4.69) is 61.0 Å². The normalized spacial score (nSPS) is 10.4. The van der Waals surface area contributed by atoms with Crippen molar-refractivity contribution in [2.45, 2.75) is 12.7 Å². The molecule has 2 aromatic carbocycles. The SMILES string of the molecule is Cc1c(CSS)cccc1-c1ccccc1. The van der Waals surface area contributed by atoms with Crippen LogP contribution in [0.3, 0.4) is 0 Å². The van der Waals surface area contributed by atoms with E-state index in [1.54, 1.807) is 10.8 Å². The largest absolute Gasteiger partial charge is 0.111 e. The molecule has 16 heavy (non-hydrogen) atoms. The second-order valence-corrected chi connectivity index (χ2v) is 5.05. The second-order valence-electron chi connectivity index (χ2n) is 3.73. The van der Waals surface area contributed by atoms with Gasteiger partial charge in [0, 0.05) is 5.75 Å². The van der Waals surface area contributed by atoms with E-state index in [0.29, 0.717) is 0 Å². The van der Waals surface area contributed by atoms with Crippen molar-refractivity contribution in [3.8, 4) is 11.1 Å². The Bertz CT molecular complexity index is 463. The molecule has 0 fully saturated rings. The lowest BCUT2D eigenvalue weighted by Gasteiger charge is -2.10. The summed E-state index contributed by atoms with van der Waals surface area (Å²) in [6.07, 6.45) is 0. The first-order valence-corrected chi connectivity index (χ1v) is 7.27. The number of rotatable bonds is 3. The van der Waals surface area contributed by atoms with Crippen LogP contribution in [-0.4, -0.2) is 0 Å². The van der Waals surface area contributed by atoms with Gasteiger partial charge in [-0.2, -0.15) is 0 Å². The van der Waals surface area contributed by atoms with Gasteiger partial charge in [-0.1, -0.05) is 59.3 Å². The molecule has 0 atom stereocenters. The lowest BCUT2D eigenvalue weighted by Crippen LogP contribution is -1.89. The minimum Gasteiger partial charge on any atom is -0.111 e. The van der Waals surface area contributed by atoms with Crippen LogP contribution in [0.25, 0.3) is 11.1 Å². The van der Waals surface area contributed by atoms with Gasteiger partial charge in [0.1, 0.15) is 0 Å². The summed E-state index contributed by atoms with van der Waals surface area (Å²) in [6, 6.07) is 17.0. The third-order valence-corrected chi connectivity index (χ3v) is 3.58. The lowest BCUT2D eigenvalue weighted by atomic mass is 9.97. The zero-order valence-electron chi connectivity index (χ0n) is 9.18. The maximum absolute atomic E-state index is 4.22. The fourth-order valence-corrected chi connectivity index (χ4v) is 2.71. The average Bonchev–Trinajstić information content (AvgIpc) is 2.33. The second kappa shape index (κ2) is 5.46. The van der Waals surface area contributed by atoms with E-state index >= 15 is 0 Å². The molecule has 2 aromatic rings. The molecule has 0 aliphatic carbocycles. The standard InChI is InChI=1S/C14H14S2/c1-11-13(10-16-15)8-5-9-14(11)12-6-3-2-4-7-12/h2-9,15H,10H2,1H3. The van der Waals surface area contributed by atoms with E-state index in [1.165, 1.54) is 22.3 Å². The topological polar surface area (TPSA) is 0 Å². The predicted octanol–water partition coefficient (Wildman–Crippen LogP) is 4.74. The van der Waals surface area contributed by atoms with Crippen LogP contribution in [0.2, 0.25) is 0 Å². The number of benzene rings is 2. The average molecular weight is 246 g/mol. The summed E-state index contributed by atoms with van der Waals surface area (Å²) >= 11 is 4.22. The number of hydrogen-bond donors (Lipinski definition) is 1. The Morgan fingerprint density at radius 2 is 1.75 bits per heavy atom. The van der Waals surface area contributed by atoms with Crippen LogP contribution in [-0.2, 0) is 5.75 Å². The molecule has 0 N–H and O–H groups in total.